The van der Waals surface area contributed by atoms with Gasteiger partial charge in [-0.1, -0.05) is 55.8 Å². The first kappa shape index (κ1) is 27.8. The molecule has 7 nitrogen and oxygen atoms in total. The number of amides is 2. The van der Waals surface area contributed by atoms with Gasteiger partial charge in [-0.3, -0.25) is 9.59 Å². The first-order chi connectivity index (χ1) is 18.0. The molecule has 1 heterocycles. The van der Waals surface area contributed by atoms with Crippen molar-refractivity contribution in [2.45, 2.75) is 45.2 Å². The van der Waals surface area contributed by atoms with Crippen LogP contribution in [0.1, 0.15) is 49.8 Å². The van der Waals surface area contributed by atoms with E-state index in [0.29, 0.717) is 43.0 Å². The third-order valence-corrected chi connectivity index (χ3v) is 6.35. The fourth-order valence-electron chi connectivity index (χ4n) is 4.32. The van der Waals surface area contributed by atoms with Gasteiger partial charge in [0, 0.05) is 38.7 Å². The molecule has 2 aromatic carbocycles. The second-order valence-electron chi connectivity index (χ2n) is 9.06. The third-order valence-electron chi connectivity index (χ3n) is 6.35. The molecule has 1 atom stereocenters. The summed E-state index contributed by atoms with van der Waals surface area (Å²) in [5.41, 5.74) is 1.66. The molecule has 1 unspecified atom stereocenters. The molecule has 0 saturated carbocycles. The van der Waals surface area contributed by atoms with Crippen LogP contribution in [0, 0.1) is 0 Å². The van der Waals surface area contributed by atoms with Crippen molar-refractivity contribution in [3.05, 3.63) is 84.1 Å². The summed E-state index contributed by atoms with van der Waals surface area (Å²) in [5.74, 6) is 0.880. The number of hydrogen-bond donors (Lipinski definition) is 1. The SMILES string of the molecule is CCCCN(C(=O)CCCN1C=CC=CC1)C(C(=O)NCc1ccccc1)c1cc(OC)cc(OC)c1. The summed E-state index contributed by atoms with van der Waals surface area (Å²) in [5, 5.41) is 3.05. The van der Waals surface area contributed by atoms with Crippen LogP contribution in [0.3, 0.4) is 0 Å². The summed E-state index contributed by atoms with van der Waals surface area (Å²) in [4.78, 5) is 31.3. The highest BCUT2D eigenvalue weighted by molar-refractivity contribution is 5.89. The molecule has 0 spiro atoms. The largest absolute Gasteiger partial charge is 0.497 e. The Bertz CT molecular complexity index is 1050. The first-order valence-corrected chi connectivity index (χ1v) is 13.0. The lowest BCUT2D eigenvalue weighted by molar-refractivity contribution is -0.141. The van der Waals surface area contributed by atoms with Crippen molar-refractivity contribution in [2.75, 3.05) is 33.9 Å². The van der Waals surface area contributed by atoms with E-state index in [2.05, 4.69) is 23.2 Å². The molecule has 7 heteroatoms. The molecule has 0 saturated heterocycles. The van der Waals surface area contributed by atoms with E-state index < -0.39 is 6.04 Å². The van der Waals surface area contributed by atoms with Gasteiger partial charge in [0.2, 0.25) is 11.8 Å². The monoisotopic (exact) mass is 505 g/mol. The van der Waals surface area contributed by atoms with Crippen LogP contribution in [0.25, 0.3) is 0 Å². The molecule has 0 fully saturated rings. The van der Waals surface area contributed by atoms with Crippen LogP contribution in [0.5, 0.6) is 11.5 Å². The number of hydrogen-bond acceptors (Lipinski definition) is 5. The van der Waals surface area contributed by atoms with Crippen molar-refractivity contribution in [3.63, 3.8) is 0 Å². The average molecular weight is 506 g/mol. The van der Waals surface area contributed by atoms with Gasteiger partial charge >= 0.3 is 0 Å². The van der Waals surface area contributed by atoms with Gasteiger partial charge in [-0.15, -0.1) is 0 Å². The molecule has 3 rings (SSSR count). The Morgan fingerprint density at radius 2 is 1.76 bits per heavy atom. The van der Waals surface area contributed by atoms with E-state index in [1.807, 2.05) is 60.8 Å². The highest BCUT2D eigenvalue weighted by Gasteiger charge is 2.31. The Morgan fingerprint density at radius 3 is 2.38 bits per heavy atom. The van der Waals surface area contributed by atoms with Crippen LogP contribution < -0.4 is 14.8 Å². The van der Waals surface area contributed by atoms with Gasteiger partial charge in [-0.25, -0.2) is 0 Å². The smallest absolute Gasteiger partial charge is 0.247 e. The van der Waals surface area contributed by atoms with E-state index in [0.717, 1.165) is 31.5 Å². The zero-order valence-electron chi connectivity index (χ0n) is 22.2. The predicted octanol–water partition coefficient (Wildman–Crippen LogP) is 4.86. The zero-order chi connectivity index (χ0) is 26.5. The lowest BCUT2D eigenvalue weighted by Crippen LogP contribution is -2.44. The van der Waals surface area contributed by atoms with E-state index in [1.165, 1.54) is 0 Å². The molecule has 37 heavy (non-hydrogen) atoms. The van der Waals surface area contributed by atoms with Gasteiger partial charge in [0.05, 0.1) is 14.2 Å². The Hall–Kier alpha value is -3.74. The molecule has 0 aliphatic carbocycles. The number of nitrogens with zero attached hydrogens (tertiary/aromatic N) is 2. The summed E-state index contributed by atoms with van der Waals surface area (Å²) in [7, 11) is 3.15. The Labute approximate surface area is 220 Å². The minimum absolute atomic E-state index is 0.0355. The van der Waals surface area contributed by atoms with Crippen molar-refractivity contribution in [1.29, 1.82) is 0 Å². The predicted molar refractivity (Wildman–Crippen MR) is 146 cm³/mol. The second kappa shape index (κ2) is 14.7. The standard InChI is InChI=1S/C30H39N3O4/c1-4-5-19-33(28(34)15-12-18-32-16-10-7-11-17-32)29(25-20-26(36-2)22-27(21-25)37-3)30(35)31-23-24-13-8-6-9-14-24/h6-11,13-14,16,20-22,29H,4-5,12,15,17-19,23H2,1-3H3,(H,31,35). The molecule has 0 bridgehead atoms. The molecular formula is C30H39N3O4. The van der Waals surface area contributed by atoms with E-state index in [4.69, 9.17) is 9.47 Å². The highest BCUT2D eigenvalue weighted by Crippen LogP contribution is 2.31. The maximum absolute atomic E-state index is 13.7. The average Bonchev–Trinajstić information content (AvgIpc) is 2.94. The van der Waals surface area contributed by atoms with Crippen LogP contribution in [-0.2, 0) is 16.1 Å². The Morgan fingerprint density at radius 1 is 1.03 bits per heavy atom. The Kier molecular flexibility index (Phi) is 11.1. The Balaban J connectivity index is 1.86. The number of rotatable bonds is 14. The number of nitrogens with one attached hydrogen (secondary N) is 1. The van der Waals surface area contributed by atoms with Crippen LogP contribution in [-0.4, -0.2) is 55.5 Å². The minimum Gasteiger partial charge on any atom is -0.497 e. The van der Waals surface area contributed by atoms with Gasteiger partial charge < -0.3 is 24.6 Å². The van der Waals surface area contributed by atoms with Gasteiger partial charge in [-0.05, 0) is 48.4 Å². The molecule has 1 aliphatic heterocycles. The number of allylic oxidation sites excluding steroid dienone is 2. The minimum atomic E-state index is -0.801. The van der Waals surface area contributed by atoms with E-state index in [9.17, 15) is 9.59 Å². The molecule has 0 aromatic heterocycles. The van der Waals surface area contributed by atoms with Crippen LogP contribution >= 0.6 is 0 Å². The second-order valence-corrected chi connectivity index (χ2v) is 9.06. The van der Waals surface area contributed by atoms with Crippen LogP contribution in [0.15, 0.2) is 73.0 Å². The highest BCUT2D eigenvalue weighted by atomic mass is 16.5. The first-order valence-electron chi connectivity index (χ1n) is 13.0. The maximum Gasteiger partial charge on any atom is 0.247 e. The van der Waals surface area contributed by atoms with Gasteiger partial charge in [-0.2, -0.15) is 0 Å². The summed E-state index contributed by atoms with van der Waals surface area (Å²) in [6, 6.07) is 14.3. The van der Waals surface area contributed by atoms with Crippen molar-refractivity contribution in [3.8, 4) is 11.5 Å². The van der Waals surface area contributed by atoms with Gasteiger partial charge in [0.25, 0.3) is 0 Å². The lowest BCUT2D eigenvalue weighted by atomic mass is 10.0. The fourth-order valence-corrected chi connectivity index (χ4v) is 4.32. The van der Waals surface area contributed by atoms with Crippen LogP contribution in [0.2, 0.25) is 0 Å². The summed E-state index contributed by atoms with van der Waals surface area (Å²) in [6.45, 7) is 4.58. The summed E-state index contributed by atoms with van der Waals surface area (Å²) < 4.78 is 11.0. The van der Waals surface area contributed by atoms with E-state index in [1.54, 1.807) is 25.2 Å². The molecule has 2 amide bonds. The molecular weight excluding hydrogens is 466 g/mol. The normalized spacial score (nSPS) is 13.2. The van der Waals surface area contributed by atoms with Crippen molar-refractivity contribution in [1.82, 2.24) is 15.1 Å². The number of unbranched alkanes of at least 4 members (excludes halogenated alkanes) is 1. The maximum atomic E-state index is 13.7. The number of carbonyl (C=O) groups excluding carboxylic acids is 2. The fraction of sp³-hybridized carbons (Fsp3) is 0.400. The molecule has 1 aliphatic rings. The molecule has 2 aromatic rings. The molecule has 0 radical (unpaired) electrons. The third kappa shape index (κ3) is 8.41. The number of ether oxygens (including phenoxy) is 2. The topological polar surface area (TPSA) is 71.1 Å². The molecule has 198 valence electrons. The van der Waals surface area contributed by atoms with Crippen molar-refractivity contribution < 1.29 is 19.1 Å². The zero-order valence-corrected chi connectivity index (χ0v) is 22.2. The number of benzene rings is 2. The summed E-state index contributed by atoms with van der Waals surface area (Å²) >= 11 is 0. The molecule has 1 N–H and O–H groups in total. The van der Waals surface area contributed by atoms with Crippen molar-refractivity contribution in [2.24, 2.45) is 0 Å². The number of methoxy groups -OCH3 is 2. The lowest BCUT2D eigenvalue weighted by Gasteiger charge is -2.32. The number of carbonyl (C=O) groups is 2. The van der Waals surface area contributed by atoms with Crippen LogP contribution in [0.4, 0.5) is 0 Å². The summed E-state index contributed by atoms with van der Waals surface area (Å²) in [6.07, 6.45) is 10.9. The quantitative estimate of drug-likeness (QED) is 0.397. The van der Waals surface area contributed by atoms with E-state index >= 15 is 0 Å². The van der Waals surface area contributed by atoms with Gasteiger partial charge in [0.1, 0.15) is 17.5 Å². The van der Waals surface area contributed by atoms with E-state index in [-0.39, 0.29) is 11.8 Å². The van der Waals surface area contributed by atoms with Gasteiger partial charge in [0.15, 0.2) is 0 Å². The van der Waals surface area contributed by atoms with Crippen molar-refractivity contribution >= 4 is 11.8 Å².